The zero-order valence-electron chi connectivity index (χ0n) is 23.8. The van der Waals surface area contributed by atoms with E-state index >= 15 is 0 Å². The van der Waals surface area contributed by atoms with E-state index in [1.54, 1.807) is 38.4 Å². The number of fused-ring (bicyclic) bond motifs is 1. The Hall–Kier alpha value is -5.11. The standard InChI is InChI=1S/C30H29F2N5O6S/c1-36(2)26(38)11-4-3-8-22(35-30(41)42)28(39)34-23-10-6-14-37(29(23)40)16-25-33-21-9-5-7-18(27(21)44-25)17-43-24-13-12-19(31)15-20(24)32/h4-7,9-15,22,35H,3,8,16-17H2,1-2H3,(H,34,39)(H,41,42)/b11-4+. The molecule has 0 radical (unpaired) electrons. The van der Waals surface area contributed by atoms with Crippen molar-refractivity contribution in [2.45, 2.75) is 32.0 Å². The number of carbonyl (C=O) groups excluding carboxylic acids is 2. The van der Waals surface area contributed by atoms with Gasteiger partial charge in [0, 0.05) is 31.9 Å². The second kappa shape index (κ2) is 14.4. The highest BCUT2D eigenvalue weighted by atomic mass is 32.1. The summed E-state index contributed by atoms with van der Waals surface area (Å²) in [6.45, 7) is 0.0898. The molecule has 2 aromatic heterocycles. The minimum absolute atomic E-state index is 0.0102. The summed E-state index contributed by atoms with van der Waals surface area (Å²) in [4.78, 5) is 55.1. The molecule has 0 fully saturated rings. The lowest BCUT2D eigenvalue weighted by Crippen LogP contribution is -2.44. The lowest BCUT2D eigenvalue weighted by Gasteiger charge is -2.16. The smallest absolute Gasteiger partial charge is 0.405 e. The predicted molar refractivity (Wildman–Crippen MR) is 161 cm³/mol. The quantitative estimate of drug-likeness (QED) is 0.199. The first-order chi connectivity index (χ1) is 21.0. The van der Waals surface area contributed by atoms with Crippen LogP contribution >= 0.6 is 11.3 Å². The van der Waals surface area contributed by atoms with Crippen molar-refractivity contribution in [3.63, 3.8) is 0 Å². The number of carbonyl (C=O) groups is 3. The van der Waals surface area contributed by atoms with E-state index in [1.807, 2.05) is 0 Å². The van der Waals surface area contributed by atoms with Gasteiger partial charge >= 0.3 is 6.09 Å². The summed E-state index contributed by atoms with van der Waals surface area (Å²) in [6, 6.07) is 10.2. The summed E-state index contributed by atoms with van der Waals surface area (Å²) in [6.07, 6.45) is 3.29. The Labute approximate surface area is 254 Å². The van der Waals surface area contributed by atoms with E-state index in [2.05, 4.69) is 15.6 Å². The van der Waals surface area contributed by atoms with Crippen molar-refractivity contribution in [1.82, 2.24) is 19.8 Å². The fourth-order valence-electron chi connectivity index (χ4n) is 4.12. The maximum absolute atomic E-state index is 14.0. The summed E-state index contributed by atoms with van der Waals surface area (Å²) in [5.74, 6) is -2.58. The van der Waals surface area contributed by atoms with Crippen molar-refractivity contribution < 1.29 is 33.0 Å². The van der Waals surface area contributed by atoms with E-state index in [4.69, 9.17) is 4.74 Å². The SMILES string of the molecule is CN(C)C(=O)/C=C/CCC(NC(=O)O)C(=O)Nc1cccn(Cc2nc3cccc(COc4ccc(F)cc4F)c3s2)c1=O. The lowest BCUT2D eigenvalue weighted by molar-refractivity contribution is -0.123. The maximum atomic E-state index is 14.0. The Kier molecular flexibility index (Phi) is 10.4. The highest BCUT2D eigenvalue weighted by Gasteiger charge is 2.21. The van der Waals surface area contributed by atoms with Crippen LogP contribution in [0.15, 0.2) is 71.7 Å². The Morgan fingerprint density at radius 3 is 2.68 bits per heavy atom. The van der Waals surface area contributed by atoms with Gasteiger partial charge in [-0.15, -0.1) is 11.3 Å². The molecule has 2 heterocycles. The van der Waals surface area contributed by atoms with Crippen LogP contribution in [0.2, 0.25) is 0 Å². The van der Waals surface area contributed by atoms with Gasteiger partial charge in [-0.25, -0.2) is 18.6 Å². The largest absolute Gasteiger partial charge is 0.486 e. The first-order valence-corrected chi connectivity index (χ1v) is 14.2. The first-order valence-electron chi connectivity index (χ1n) is 13.3. The van der Waals surface area contributed by atoms with Crippen LogP contribution in [-0.2, 0) is 22.7 Å². The number of carboxylic acid groups (broad SMARTS) is 1. The summed E-state index contributed by atoms with van der Waals surface area (Å²) in [7, 11) is 3.18. The van der Waals surface area contributed by atoms with Crippen molar-refractivity contribution in [2.75, 3.05) is 19.4 Å². The van der Waals surface area contributed by atoms with E-state index in [-0.39, 0.29) is 43.3 Å². The number of hydrogen-bond donors (Lipinski definition) is 3. The van der Waals surface area contributed by atoms with Gasteiger partial charge in [0.05, 0.1) is 16.8 Å². The van der Waals surface area contributed by atoms with Gasteiger partial charge in [-0.2, -0.15) is 0 Å². The molecule has 230 valence electrons. The molecule has 3 amide bonds. The number of pyridine rings is 1. The molecule has 1 atom stereocenters. The van der Waals surface area contributed by atoms with Gasteiger partial charge in [0.2, 0.25) is 11.8 Å². The minimum Gasteiger partial charge on any atom is -0.486 e. The number of nitrogens with one attached hydrogen (secondary N) is 2. The second-order valence-electron chi connectivity index (χ2n) is 9.80. The number of likely N-dealkylation sites (N-methyl/N-ethyl adjacent to an activating group) is 1. The number of rotatable bonds is 12. The zero-order chi connectivity index (χ0) is 31.8. The number of anilines is 1. The Morgan fingerprint density at radius 1 is 1.16 bits per heavy atom. The molecule has 0 saturated carbocycles. The van der Waals surface area contributed by atoms with Gasteiger partial charge in [-0.05, 0) is 49.2 Å². The van der Waals surface area contributed by atoms with E-state index in [0.717, 1.165) is 22.4 Å². The van der Waals surface area contributed by atoms with Crippen molar-refractivity contribution in [3.8, 4) is 5.75 Å². The fraction of sp³-hybridized carbons (Fsp3) is 0.233. The molecule has 44 heavy (non-hydrogen) atoms. The normalized spacial score (nSPS) is 11.8. The molecule has 11 nitrogen and oxygen atoms in total. The number of nitrogens with zero attached hydrogens (tertiary/aromatic N) is 3. The number of aromatic nitrogens is 2. The topological polar surface area (TPSA) is 143 Å². The minimum atomic E-state index is -1.41. The van der Waals surface area contributed by atoms with Crippen LogP contribution in [0.4, 0.5) is 19.3 Å². The molecule has 1 unspecified atom stereocenters. The highest BCUT2D eigenvalue weighted by Crippen LogP contribution is 2.28. The third-order valence-corrected chi connectivity index (χ3v) is 7.47. The van der Waals surface area contributed by atoms with Gasteiger partial charge in [0.15, 0.2) is 11.6 Å². The molecule has 0 aliphatic heterocycles. The molecule has 3 N–H and O–H groups in total. The second-order valence-corrected chi connectivity index (χ2v) is 10.9. The van der Waals surface area contributed by atoms with Crippen LogP contribution in [0.1, 0.15) is 23.4 Å². The lowest BCUT2D eigenvalue weighted by atomic mass is 10.1. The molecule has 0 saturated heterocycles. The number of ether oxygens (including phenoxy) is 1. The van der Waals surface area contributed by atoms with Gasteiger partial charge < -0.3 is 29.9 Å². The highest BCUT2D eigenvalue weighted by molar-refractivity contribution is 7.18. The fourth-order valence-corrected chi connectivity index (χ4v) is 5.18. The number of hydrogen-bond acceptors (Lipinski definition) is 7. The summed E-state index contributed by atoms with van der Waals surface area (Å²) in [5.41, 5.74) is 0.791. The van der Waals surface area contributed by atoms with E-state index in [9.17, 15) is 33.1 Å². The van der Waals surface area contributed by atoms with Crippen molar-refractivity contribution in [2.24, 2.45) is 0 Å². The third kappa shape index (κ3) is 8.25. The number of allylic oxidation sites excluding steroid dienone is 1. The Balaban J connectivity index is 1.46. The van der Waals surface area contributed by atoms with Crippen LogP contribution in [0.25, 0.3) is 10.2 Å². The summed E-state index contributed by atoms with van der Waals surface area (Å²) in [5, 5.41) is 14.4. The van der Waals surface area contributed by atoms with Crippen LogP contribution in [-0.4, -0.2) is 57.6 Å². The maximum Gasteiger partial charge on any atom is 0.405 e. The molecule has 0 aliphatic rings. The first kappa shape index (κ1) is 31.8. The predicted octanol–water partition coefficient (Wildman–Crippen LogP) is 4.36. The van der Waals surface area contributed by atoms with Crippen LogP contribution in [0, 0.1) is 11.6 Å². The van der Waals surface area contributed by atoms with Gasteiger partial charge in [-0.3, -0.25) is 14.4 Å². The average molecular weight is 626 g/mol. The number of benzene rings is 2. The van der Waals surface area contributed by atoms with Crippen molar-refractivity contribution in [1.29, 1.82) is 0 Å². The summed E-state index contributed by atoms with van der Waals surface area (Å²) < 4.78 is 34.9. The molecule has 4 aromatic rings. The van der Waals surface area contributed by atoms with Crippen LogP contribution in [0.3, 0.4) is 0 Å². The van der Waals surface area contributed by atoms with Gasteiger partial charge in [0.1, 0.15) is 29.2 Å². The molecule has 0 aliphatic carbocycles. The Bertz CT molecular complexity index is 1770. The van der Waals surface area contributed by atoms with Crippen LogP contribution < -0.4 is 20.9 Å². The molecule has 2 aromatic carbocycles. The van der Waals surface area contributed by atoms with E-state index < -0.39 is 35.2 Å². The Morgan fingerprint density at radius 2 is 1.95 bits per heavy atom. The van der Waals surface area contributed by atoms with Crippen molar-refractivity contribution in [3.05, 3.63) is 99.4 Å². The number of amides is 3. The van der Waals surface area contributed by atoms with Gasteiger partial charge in [0.25, 0.3) is 5.56 Å². The number of thiazole rings is 1. The van der Waals surface area contributed by atoms with Crippen LogP contribution in [0.5, 0.6) is 5.75 Å². The average Bonchev–Trinajstić information content (AvgIpc) is 3.39. The molecule has 0 bridgehead atoms. The third-order valence-electron chi connectivity index (χ3n) is 6.34. The molecule has 14 heteroatoms. The monoisotopic (exact) mass is 625 g/mol. The van der Waals surface area contributed by atoms with E-state index in [1.165, 1.54) is 51.3 Å². The van der Waals surface area contributed by atoms with Crippen molar-refractivity contribution >= 4 is 45.1 Å². The molecular formula is C30H29F2N5O6S. The molecular weight excluding hydrogens is 596 g/mol. The number of halogens is 2. The van der Waals surface area contributed by atoms with Gasteiger partial charge in [-0.1, -0.05) is 18.2 Å². The van der Waals surface area contributed by atoms with E-state index in [0.29, 0.717) is 10.5 Å². The zero-order valence-corrected chi connectivity index (χ0v) is 24.6. The molecule has 4 rings (SSSR count). The summed E-state index contributed by atoms with van der Waals surface area (Å²) >= 11 is 1.31. The molecule has 0 spiro atoms.